The lowest BCUT2D eigenvalue weighted by Gasteiger charge is -2.33. The van der Waals surface area contributed by atoms with E-state index in [4.69, 9.17) is 4.98 Å². The summed E-state index contributed by atoms with van der Waals surface area (Å²) < 4.78 is 0. The predicted octanol–water partition coefficient (Wildman–Crippen LogP) is 15.8. The van der Waals surface area contributed by atoms with Crippen molar-refractivity contribution in [2.45, 2.75) is 176 Å². The zero-order chi connectivity index (χ0) is 51.9. The van der Waals surface area contributed by atoms with Crippen LogP contribution in [0.15, 0.2) is 117 Å². The van der Waals surface area contributed by atoms with Crippen LogP contribution in [0.2, 0.25) is 0 Å². The molecule has 2 aromatic rings. The van der Waals surface area contributed by atoms with E-state index in [1.54, 1.807) is 0 Å². The van der Waals surface area contributed by atoms with Crippen LogP contribution < -0.4 is 0 Å². The lowest BCUT2D eigenvalue weighted by molar-refractivity contribution is -0.115. The number of benzene rings is 1. The minimum absolute atomic E-state index is 0.0422. The molecule has 1 aromatic heterocycles. The molecule has 0 saturated carbocycles. The number of hydrogen-bond donors (Lipinski definition) is 1. The Bertz CT molecular complexity index is 2570. The van der Waals surface area contributed by atoms with Gasteiger partial charge < -0.3 is 5.11 Å². The maximum absolute atomic E-state index is 14.5. The molecule has 68 heavy (non-hydrogen) atoms. The van der Waals surface area contributed by atoms with Gasteiger partial charge in [0.05, 0.1) is 5.69 Å². The van der Waals surface area contributed by atoms with Gasteiger partial charge in [0.2, 0.25) is 0 Å². The highest BCUT2D eigenvalue weighted by atomic mass is 16.3. The van der Waals surface area contributed by atoms with Gasteiger partial charge in [0, 0.05) is 67.2 Å². The zero-order valence-corrected chi connectivity index (χ0v) is 46.3. The summed E-state index contributed by atoms with van der Waals surface area (Å²) in [5.41, 5.74) is 7.88. The van der Waals surface area contributed by atoms with E-state index in [1.165, 1.54) is 0 Å². The van der Waals surface area contributed by atoms with Crippen molar-refractivity contribution < 1.29 is 19.5 Å². The molecule has 5 heteroatoms. The summed E-state index contributed by atoms with van der Waals surface area (Å²) in [6.45, 7) is 48.3. The summed E-state index contributed by atoms with van der Waals surface area (Å²) in [6, 6.07) is 10.4. The average molecular weight is 920 g/mol. The fourth-order valence-corrected chi connectivity index (χ4v) is 9.58. The second-order valence-corrected chi connectivity index (χ2v) is 27.6. The van der Waals surface area contributed by atoms with Crippen LogP contribution in [0, 0.1) is 38.4 Å². The second-order valence-electron chi connectivity index (χ2n) is 27.6. The highest BCUT2D eigenvalue weighted by Gasteiger charge is 2.39. The molecular formula is C63H85NO4. The van der Waals surface area contributed by atoms with Gasteiger partial charge in [-0.3, -0.25) is 19.4 Å². The third-order valence-corrected chi connectivity index (χ3v) is 13.5. The largest absolute Gasteiger partial charge is 0.507 e. The summed E-state index contributed by atoms with van der Waals surface area (Å²) in [6.07, 6.45) is 15.3. The van der Waals surface area contributed by atoms with Crippen LogP contribution in [0.1, 0.15) is 187 Å². The molecule has 0 amide bonds. The monoisotopic (exact) mass is 920 g/mol. The van der Waals surface area contributed by atoms with E-state index in [0.717, 1.165) is 78.2 Å². The molecule has 366 valence electrons. The quantitative estimate of drug-likeness (QED) is 0.312. The van der Waals surface area contributed by atoms with Crippen molar-refractivity contribution in [1.29, 1.82) is 0 Å². The number of allylic oxidation sites excluding steroid dienone is 15. The molecule has 0 radical (unpaired) electrons. The molecule has 0 fully saturated rings. The lowest BCUT2D eigenvalue weighted by atomic mass is 9.70. The molecule has 3 aliphatic carbocycles. The maximum atomic E-state index is 14.5. The molecule has 0 unspecified atom stereocenters. The average Bonchev–Trinajstić information content (AvgIpc) is 3.14. The van der Waals surface area contributed by atoms with Crippen LogP contribution in [0.5, 0.6) is 5.75 Å². The minimum Gasteiger partial charge on any atom is -0.507 e. The van der Waals surface area contributed by atoms with Gasteiger partial charge in [0.25, 0.3) is 0 Å². The number of ketones is 3. The van der Waals surface area contributed by atoms with E-state index in [-0.39, 0.29) is 50.7 Å². The zero-order valence-electron chi connectivity index (χ0n) is 46.3. The first kappa shape index (κ1) is 54.0. The minimum atomic E-state index is -0.728. The van der Waals surface area contributed by atoms with E-state index < -0.39 is 21.7 Å². The molecule has 0 aliphatic heterocycles. The van der Waals surface area contributed by atoms with Gasteiger partial charge in [-0.05, 0) is 110 Å². The fourth-order valence-electron chi connectivity index (χ4n) is 9.58. The van der Waals surface area contributed by atoms with E-state index in [1.807, 2.05) is 12.2 Å². The second kappa shape index (κ2) is 17.8. The number of phenols is 1. The van der Waals surface area contributed by atoms with Crippen LogP contribution in [-0.4, -0.2) is 27.4 Å². The Hall–Kier alpha value is -4.90. The van der Waals surface area contributed by atoms with Crippen molar-refractivity contribution in [3.05, 3.63) is 146 Å². The SMILES string of the molecule is CC(C)(C)C1=CC(=CC(C)(C)c2cc(C(=C3C=C(C(C)(C)C)C(=O)C(C(C)(C)C)=C3)c3cccc(CC4C=C(C(C)(C)C)C(=O)C(C(C)(C)C)=C4)n3)cc(C(C)(C)C)c2O)C=C(C(C)(C)C)C1=O. The molecule has 0 saturated heterocycles. The van der Waals surface area contributed by atoms with Gasteiger partial charge in [0.15, 0.2) is 17.3 Å². The Labute approximate surface area is 411 Å². The van der Waals surface area contributed by atoms with Crippen molar-refractivity contribution >= 4 is 22.9 Å². The number of aromatic nitrogens is 1. The van der Waals surface area contributed by atoms with E-state index in [2.05, 4.69) is 220 Å². The number of carbonyl (C=O) groups is 3. The summed E-state index contributed by atoms with van der Waals surface area (Å²) in [7, 11) is 0. The van der Waals surface area contributed by atoms with Crippen molar-refractivity contribution in [2.75, 3.05) is 0 Å². The molecule has 1 heterocycles. The van der Waals surface area contributed by atoms with Crippen molar-refractivity contribution in [3.8, 4) is 5.75 Å². The van der Waals surface area contributed by atoms with Crippen LogP contribution >= 0.6 is 0 Å². The highest BCUT2D eigenvalue weighted by molar-refractivity contribution is 6.13. The molecule has 0 atom stereocenters. The van der Waals surface area contributed by atoms with Crippen LogP contribution in [0.3, 0.4) is 0 Å². The first-order chi connectivity index (χ1) is 30.5. The number of carbonyl (C=O) groups excluding carboxylic acids is 3. The van der Waals surface area contributed by atoms with Crippen molar-refractivity contribution in [3.63, 3.8) is 0 Å². The van der Waals surface area contributed by atoms with E-state index in [9.17, 15) is 19.5 Å². The number of Topliss-reactive ketones (excluding diaryl/α,β-unsaturated/α-hetero) is 3. The first-order valence-corrected chi connectivity index (χ1v) is 24.8. The lowest BCUT2D eigenvalue weighted by Crippen LogP contribution is -2.30. The highest BCUT2D eigenvalue weighted by Crippen LogP contribution is 2.48. The number of nitrogens with zero attached hydrogens (tertiary/aromatic N) is 1. The Morgan fingerprint density at radius 1 is 0.515 bits per heavy atom. The van der Waals surface area contributed by atoms with Crippen molar-refractivity contribution in [2.24, 2.45) is 38.4 Å². The van der Waals surface area contributed by atoms with Crippen molar-refractivity contribution in [1.82, 2.24) is 4.98 Å². The van der Waals surface area contributed by atoms with Crippen LogP contribution in [-0.2, 0) is 31.6 Å². The Kier molecular flexibility index (Phi) is 14.2. The molecule has 5 nitrogen and oxygen atoms in total. The van der Waals surface area contributed by atoms with Crippen LogP contribution in [0.25, 0.3) is 5.57 Å². The predicted molar refractivity (Wildman–Crippen MR) is 286 cm³/mol. The number of aromatic hydroxyl groups is 1. The summed E-state index contributed by atoms with van der Waals surface area (Å²) in [5, 5.41) is 12.6. The summed E-state index contributed by atoms with van der Waals surface area (Å²) in [4.78, 5) is 47.9. The third-order valence-electron chi connectivity index (χ3n) is 13.5. The Morgan fingerprint density at radius 2 is 0.897 bits per heavy atom. The van der Waals surface area contributed by atoms with Crippen LogP contribution in [0.4, 0.5) is 0 Å². The smallest absolute Gasteiger partial charge is 0.186 e. The summed E-state index contributed by atoms with van der Waals surface area (Å²) >= 11 is 0. The molecular weight excluding hydrogens is 835 g/mol. The van der Waals surface area contributed by atoms with Gasteiger partial charge >= 0.3 is 0 Å². The number of rotatable bonds is 6. The summed E-state index contributed by atoms with van der Waals surface area (Å²) in [5.74, 6) is 0.436. The molecule has 0 bridgehead atoms. The molecule has 5 rings (SSSR count). The van der Waals surface area contributed by atoms with Gasteiger partial charge in [-0.2, -0.15) is 0 Å². The molecule has 3 aliphatic rings. The Morgan fingerprint density at radius 3 is 1.29 bits per heavy atom. The fraction of sp³-hybridized carbons (Fsp3) is 0.524. The number of hydrogen-bond acceptors (Lipinski definition) is 5. The third kappa shape index (κ3) is 11.6. The molecule has 0 spiro atoms. The number of pyridine rings is 1. The van der Waals surface area contributed by atoms with E-state index in [0.29, 0.717) is 6.42 Å². The normalized spacial score (nSPS) is 17.7. The molecule has 1 aromatic carbocycles. The van der Waals surface area contributed by atoms with E-state index >= 15 is 0 Å². The number of phenolic OH excluding ortho intramolecular Hbond substituents is 1. The maximum Gasteiger partial charge on any atom is 0.186 e. The van der Waals surface area contributed by atoms with Gasteiger partial charge in [-0.1, -0.05) is 184 Å². The first-order valence-electron chi connectivity index (χ1n) is 24.8. The van der Waals surface area contributed by atoms with Gasteiger partial charge in [0.1, 0.15) is 5.75 Å². The van der Waals surface area contributed by atoms with Gasteiger partial charge in [-0.25, -0.2) is 0 Å². The van der Waals surface area contributed by atoms with Gasteiger partial charge in [-0.15, -0.1) is 0 Å². The Balaban J connectivity index is 1.90. The molecule has 1 N–H and O–H groups in total. The standard InChI is InChI=1S/C63H85NO4/c1-56(2,3)42-28-37(29-43(52(42)65)57(4,5)6)27-41-25-24-26-50(64-41)51(39-32-46(60(13,14)15)54(67)47(33-39)61(16,17)18)40-34-48(62(19,20)21)55(68)49(35-40)63(22,23)36-38-30-44(58(7,8)9)53(66)45(31-38)59(10,11)12/h24-26,28-37,68H,27H2,1-23H3. The topological polar surface area (TPSA) is 84.3 Å².